The van der Waals surface area contributed by atoms with E-state index < -0.39 is 5.63 Å². The zero-order valence-electron chi connectivity index (χ0n) is 15.5. The molecule has 138 valence electrons. The average Bonchev–Trinajstić information content (AvgIpc) is 2.69. The van der Waals surface area contributed by atoms with Gasteiger partial charge in [-0.15, -0.1) is 0 Å². The summed E-state index contributed by atoms with van der Waals surface area (Å²) in [5.74, 6) is 0.536. The molecule has 0 N–H and O–H groups in total. The summed E-state index contributed by atoms with van der Waals surface area (Å²) in [4.78, 5) is 26.9. The third-order valence-electron chi connectivity index (χ3n) is 5.40. The van der Waals surface area contributed by atoms with Gasteiger partial charge in [-0.05, 0) is 55.2 Å². The van der Waals surface area contributed by atoms with Crippen LogP contribution in [0, 0.1) is 12.8 Å². The van der Waals surface area contributed by atoms with Gasteiger partial charge in [-0.3, -0.25) is 4.79 Å². The maximum Gasteiger partial charge on any atom is 0.344 e. The molecule has 0 radical (unpaired) electrons. The van der Waals surface area contributed by atoms with Crippen LogP contribution in [0.1, 0.15) is 34.5 Å². The number of nitrogens with zero attached hydrogens (tertiary/aromatic N) is 1. The van der Waals surface area contributed by atoms with Crippen molar-refractivity contribution < 1.29 is 9.21 Å². The quantitative estimate of drug-likeness (QED) is 0.703. The molecule has 27 heavy (non-hydrogen) atoms. The third-order valence-corrected chi connectivity index (χ3v) is 5.40. The molecule has 0 unspecified atom stereocenters. The first kappa shape index (κ1) is 17.5. The number of rotatable bonds is 3. The van der Waals surface area contributed by atoms with Crippen LogP contribution in [0.15, 0.2) is 63.8 Å². The standard InChI is InChI=1S/C23H23NO3/c1-16-7-8-19-15-21(27-23(26)20(19)13-16)22(25)24-11-9-18(10-12-24)14-17-5-3-2-4-6-17/h2-8,13,15,18H,9-12,14H2,1H3. The van der Waals surface area contributed by atoms with Crippen molar-refractivity contribution in [1.29, 1.82) is 0 Å². The molecule has 0 atom stereocenters. The van der Waals surface area contributed by atoms with E-state index in [1.54, 1.807) is 17.0 Å². The van der Waals surface area contributed by atoms with E-state index in [1.807, 2.05) is 25.1 Å². The minimum Gasteiger partial charge on any atom is -0.417 e. The SMILES string of the molecule is Cc1ccc2cc(C(=O)N3CCC(Cc4ccccc4)CC3)oc(=O)c2c1. The molecular weight excluding hydrogens is 338 g/mol. The van der Waals surface area contributed by atoms with Crippen LogP contribution in [0.4, 0.5) is 0 Å². The highest BCUT2D eigenvalue weighted by Gasteiger charge is 2.25. The van der Waals surface area contributed by atoms with E-state index in [2.05, 4.69) is 24.3 Å². The number of aryl methyl sites for hydroxylation is 1. The molecule has 0 aliphatic carbocycles. The summed E-state index contributed by atoms with van der Waals surface area (Å²) in [6.07, 6.45) is 2.99. The first-order chi connectivity index (χ1) is 13.1. The molecule has 4 heteroatoms. The minimum absolute atomic E-state index is 0.137. The van der Waals surface area contributed by atoms with Crippen LogP contribution in [0.3, 0.4) is 0 Å². The average molecular weight is 361 g/mol. The van der Waals surface area contributed by atoms with Crippen LogP contribution in [-0.4, -0.2) is 23.9 Å². The fourth-order valence-electron chi connectivity index (χ4n) is 3.85. The fraction of sp³-hybridized carbons (Fsp3) is 0.304. The van der Waals surface area contributed by atoms with Crippen molar-refractivity contribution in [1.82, 2.24) is 4.90 Å². The molecule has 1 amide bonds. The van der Waals surface area contributed by atoms with Crippen molar-refractivity contribution in [3.05, 3.63) is 81.9 Å². The van der Waals surface area contributed by atoms with Gasteiger partial charge in [0.2, 0.25) is 0 Å². The van der Waals surface area contributed by atoms with Crippen LogP contribution in [0.2, 0.25) is 0 Å². The van der Waals surface area contributed by atoms with Crippen LogP contribution in [-0.2, 0) is 6.42 Å². The maximum atomic E-state index is 12.8. The lowest BCUT2D eigenvalue weighted by atomic mass is 9.90. The number of hydrogen-bond acceptors (Lipinski definition) is 3. The van der Waals surface area contributed by atoms with Crippen molar-refractivity contribution in [2.45, 2.75) is 26.2 Å². The van der Waals surface area contributed by atoms with E-state index in [0.717, 1.165) is 30.2 Å². The molecule has 4 rings (SSSR count). The molecule has 3 aromatic rings. The van der Waals surface area contributed by atoms with Gasteiger partial charge >= 0.3 is 5.63 Å². The van der Waals surface area contributed by atoms with E-state index in [9.17, 15) is 9.59 Å². The Kier molecular flexibility index (Phi) is 4.80. The molecule has 0 bridgehead atoms. The highest BCUT2D eigenvalue weighted by atomic mass is 16.4. The number of hydrogen-bond donors (Lipinski definition) is 0. The predicted molar refractivity (Wildman–Crippen MR) is 106 cm³/mol. The Morgan fingerprint density at radius 1 is 1.07 bits per heavy atom. The first-order valence-corrected chi connectivity index (χ1v) is 9.48. The van der Waals surface area contributed by atoms with Gasteiger partial charge in [0.1, 0.15) is 0 Å². The van der Waals surface area contributed by atoms with Crippen molar-refractivity contribution >= 4 is 16.7 Å². The van der Waals surface area contributed by atoms with Gasteiger partial charge in [0.15, 0.2) is 5.76 Å². The highest BCUT2D eigenvalue weighted by molar-refractivity contribution is 5.95. The van der Waals surface area contributed by atoms with Gasteiger partial charge in [0.25, 0.3) is 5.91 Å². The molecule has 2 heterocycles. The second-order valence-corrected chi connectivity index (χ2v) is 7.41. The lowest BCUT2D eigenvalue weighted by Gasteiger charge is -2.31. The summed E-state index contributed by atoms with van der Waals surface area (Å²) in [7, 11) is 0. The Labute approximate surface area is 158 Å². The zero-order chi connectivity index (χ0) is 18.8. The second-order valence-electron chi connectivity index (χ2n) is 7.41. The number of amides is 1. The fourth-order valence-corrected chi connectivity index (χ4v) is 3.85. The largest absolute Gasteiger partial charge is 0.417 e. The lowest BCUT2D eigenvalue weighted by molar-refractivity contribution is 0.0654. The molecule has 1 fully saturated rings. The van der Waals surface area contributed by atoms with Crippen LogP contribution >= 0.6 is 0 Å². The summed E-state index contributed by atoms with van der Waals surface area (Å²) >= 11 is 0. The van der Waals surface area contributed by atoms with Gasteiger partial charge in [0.05, 0.1) is 5.39 Å². The number of carbonyl (C=O) groups is 1. The second kappa shape index (κ2) is 7.39. The molecule has 1 aliphatic heterocycles. The number of fused-ring (bicyclic) bond motifs is 1. The van der Waals surface area contributed by atoms with Crippen molar-refractivity contribution in [3.63, 3.8) is 0 Å². The molecule has 2 aromatic carbocycles. The highest BCUT2D eigenvalue weighted by Crippen LogP contribution is 2.23. The van der Waals surface area contributed by atoms with Gasteiger partial charge in [-0.1, -0.05) is 48.0 Å². The molecule has 4 nitrogen and oxygen atoms in total. The minimum atomic E-state index is -0.446. The first-order valence-electron chi connectivity index (χ1n) is 9.48. The lowest BCUT2D eigenvalue weighted by Crippen LogP contribution is -2.39. The Morgan fingerprint density at radius 3 is 2.56 bits per heavy atom. The summed E-state index contributed by atoms with van der Waals surface area (Å²) in [6.45, 7) is 3.33. The number of likely N-dealkylation sites (tertiary alicyclic amines) is 1. The molecule has 1 saturated heterocycles. The van der Waals surface area contributed by atoms with Crippen LogP contribution < -0.4 is 5.63 Å². The Hall–Kier alpha value is -2.88. The summed E-state index contributed by atoms with van der Waals surface area (Å²) in [6, 6.07) is 17.8. The Balaban J connectivity index is 1.46. The summed E-state index contributed by atoms with van der Waals surface area (Å²) in [5, 5.41) is 1.27. The number of piperidine rings is 1. The molecule has 0 spiro atoms. The molecular formula is C23H23NO3. The zero-order valence-corrected chi connectivity index (χ0v) is 15.5. The Morgan fingerprint density at radius 2 is 1.81 bits per heavy atom. The van der Waals surface area contributed by atoms with Gasteiger partial charge in [-0.25, -0.2) is 4.79 Å². The van der Waals surface area contributed by atoms with E-state index in [-0.39, 0.29) is 11.7 Å². The number of benzene rings is 2. The van der Waals surface area contributed by atoms with Gasteiger partial charge in [-0.2, -0.15) is 0 Å². The normalized spacial score (nSPS) is 15.2. The monoisotopic (exact) mass is 361 g/mol. The van der Waals surface area contributed by atoms with E-state index in [1.165, 1.54) is 5.56 Å². The van der Waals surface area contributed by atoms with Gasteiger partial charge in [0, 0.05) is 13.1 Å². The van der Waals surface area contributed by atoms with Crippen molar-refractivity contribution in [2.24, 2.45) is 5.92 Å². The third kappa shape index (κ3) is 3.80. The molecule has 1 aliphatic rings. The molecule has 1 aromatic heterocycles. The summed E-state index contributed by atoms with van der Waals surface area (Å²) in [5.41, 5.74) is 1.89. The van der Waals surface area contributed by atoms with Crippen LogP contribution in [0.25, 0.3) is 10.8 Å². The van der Waals surface area contributed by atoms with E-state index in [4.69, 9.17) is 4.42 Å². The van der Waals surface area contributed by atoms with Crippen molar-refractivity contribution in [2.75, 3.05) is 13.1 Å². The van der Waals surface area contributed by atoms with E-state index in [0.29, 0.717) is 24.4 Å². The maximum absolute atomic E-state index is 12.8. The number of carbonyl (C=O) groups excluding carboxylic acids is 1. The predicted octanol–water partition coefficient (Wildman–Crippen LogP) is 4.20. The van der Waals surface area contributed by atoms with Crippen molar-refractivity contribution in [3.8, 4) is 0 Å². The topological polar surface area (TPSA) is 50.5 Å². The smallest absolute Gasteiger partial charge is 0.344 e. The molecule has 0 saturated carbocycles. The van der Waals surface area contributed by atoms with E-state index >= 15 is 0 Å². The van der Waals surface area contributed by atoms with Gasteiger partial charge < -0.3 is 9.32 Å². The summed E-state index contributed by atoms with van der Waals surface area (Å²) < 4.78 is 5.34. The Bertz CT molecular complexity index is 1010. The van der Waals surface area contributed by atoms with Crippen LogP contribution in [0.5, 0.6) is 0 Å².